The van der Waals surface area contributed by atoms with E-state index < -0.39 is 7.92 Å². The largest absolute Gasteiger partial charge is 0.461 e. The molecule has 0 atom stereocenters. The van der Waals surface area contributed by atoms with Crippen LogP contribution in [0.25, 0.3) is 0 Å². The maximum absolute atomic E-state index is 13.2. The summed E-state index contributed by atoms with van der Waals surface area (Å²) >= 11 is 0. The Labute approximate surface area is 342 Å². The lowest BCUT2D eigenvalue weighted by atomic mass is 10.1. The van der Waals surface area contributed by atoms with Crippen molar-refractivity contribution in [3.63, 3.8) is 0 Å². The highest BCUT2D eigenvalue weighted by Crippen LogP contribution is 2.40. The van der Waals surface area contributed by atoms with Gasteiger partial charge in [0.25, 0.3) is 0 Å². The highest BCUT2D eigenvalue weighted by molar-refractivity contribution is 7.74. The highest BCUT2D eigenvalue weighted by Gasteiger charge is 2.17. The molecule has 6 nitrogen and oxygen atoms in total. The molecule has 0 amide bonds. The van der Waals surface area contributed by atoms with E-state index in [2.05, 4.69) is 45.0 Å². The molecule has 0 aliphatic carbocycles. The van der Waals surface area contributed by atoms with Crippen LogP contribution >= 0.6 is 7.92 Å². The number of esters is 2. The van der Waals surface area contributed by atoms with E-state index in [0.717, 1.165) is 102 Å². The van der Waals surface area contributed by atoms with Crippen LogP contribution in [0.5, 0.6) is 0 Å². The Kier molecular flexibility index (Phi) is 42.4. The summed E-state index contributed by atoms with van der Waals surface area (Å²) in [4.78, 5) is 39.6. The first-order valence-corrected chi connectivity index (χ1v) is 25.2. The van der Waals surface area contributed by atoms with Gasteiger partial charge in [0.2, 0.25) is 0 Å². The van der Waals surface area contributed by atoms with Crippen molar-refractivity contribution in [1.29, 1.82) is 0 Å². The summed E-state index contributed by atoms with van der Waals surface area (Å²) in [6, 6.07) is 0. The van der Waals surface area contributed by atoms with E-state index in [4.69, 9.17) is 9.47 Å². The first kappa shape index (κ1) is 53.5. The van der Waals surface area contributed by atoms with Crippen molar-refractivity contribution < 1.29 is 23.9 Å². The number of rotatable bonds is 43. The Bertz CT molecular complexity index is 860. The first-order chi connectivity index (χ1) is 26.9. The number of carbonyl (C=O) groups is 3. The molecule has 55 heavy (non-hydrogen) atoms. The van der Waals surface area contributed by atoms with Crippen LogP contribution in [0.3, 0.4) is 0 Å². The van der Waals surface area contributed by atoms with Gasteiger partial charge in [-0.3, -0.25) is 14.4 Å². The fourth-order valence-electron chi connectivity index (χ4n) is 6.86. The Morgan fingerprint density at radius 3 is 1.20 bits per heavy atom. The maximum Gasteiger partial charge on any atom is 0.306 e. The van der Waals surface area contributed by atoms with Gasteiger partial charge in [-0.1, -0.05) is 167 Å². The summed E-state index contributed by atoms with van der Waals surface area (Å²) in [5.41, 5.74) is 0.501. The zero-order valence-electron chi connectivity index (χ0n) is 36.9. The molecule has 0 spiro atoms. The van der Waals surface area contributed by atoms with Crippen LogP contribution in [0, 0.1) is 0 Å². The van der Waals surface area contributed by atoms with Crippen LogP contribution in [0.1, 0.15) is 219 Å². The van der Waals surface area contributed by atoms with Crippen LogP contribution in [-0.4, -0.2) is 68.5 Å². The van der Waals surface area contributed by atoms with Crippen LogP contribution in [0.4, 0.5) is 0 Å². The zero-order valence-corrected chi connectivity index (χ0v) is 37.8. The zero-order chi connectivity index (χ0) is 40.3. The standard InChI is InChI=1S/C48H90NO5P/c1-5-7-9-11-13-15-17-19-21-27-33-42-53-46(50)38-31-25-23-29-35-44-55(48(52)40-37-41-49(3)4)45-36-30-24-26-32-39-47(51)54-43-34-28-22-20-18-16-14-12-10-8-6-2/h27-28,33-34H,5-26,29-32,35-45H2,1-4H3. The monoisotopic (exact) mass is 792 g/mol. The minimum Gasteiger partial charge on any atom is -0.461 e. The molecule has 0 radical (unpaired) electrons. The van der Waals surface area contributed by atoms with Crippen molar-refractivity contribution in [2.45, 2.75) is 219 Å². The van der Waals surface area contributed by atoms with Crippen molar-refractivity contribution in [3.8, 4) is 0 Å². The molecule has 0 saturated heterocycles. The molecule has 0 aromatic heterocycles. The van der Waals surface area contributed by atoms with Gasteiger partial charge in [-0.2, -0.15) is 0 Å². The van der Waals surface area contributed by atoms with Crippen LogP contribution in [0.15, 0.2) is 24.3 Å². The normalized spacial score (nSPS) is 12.3. The van der Waals surface area contributed by atoms with Gasteiger partial charge in [-0.05, 0) is 98.7 Å². The Morgan fingerprint density at radius 1 is 0.436 bits per heavy atom. The van der Waals surface area contributed by atoms with E-state index in [9.17, 15) is 14.4 Å². The number of carbonyl (C=O) groups excluding carboxylic acids is 3. The topological polar surface area (TPSA) is 72.9 Å². The number of nitrogens with zero attached hydrogens (tertiary/aromatic N) is 1. The fraction of sp³-hybridized carbons (Fsp3) is 0.854. The van der Waals surface area contributed by atoms with Gasteiger partial charge < -0.3 is 14.4 Å². The summed E-state index contributed by atoms with van der Waals surface area (Å²) in [6.07, 6.45) is 47.1. The quantitative estimate of drug-likeness (QED) is 0.0265. The number of unbranched alkanes of at least 4 members (excludes halogenated alkanes) is 24. The summed E-state index contributed by atoms with van der Waals surface area (Å²) < 4.78 is 10.8. The SMILES string of the molecule is CCCCCCCCCCC=CCOC(=O)CCCCCCCP(CCCCCCCC(=O)OCC=CCCCCCCCCCC)C(=O)CCCN(C)C. The van der Waals surface area contributed by atoms with Crippen LogP contribution in [-0.2, 0) is 23.9 Å². The van der Waals surface area contributed by atoms with Gasteiger partial charge in [0.15, 0.2) is 5.52 Å². The average molecular weight is 792 g/mol. The van der Waals surface area contributed by atoms with E-state index in [0.29, 0.717) is 38.0 Å². The molecule has 0 rings (SSSR count). The van der Waals surface area contributed by atoms with Gasteiger partial charge >= 0.3 is 11.9 Å². The number of hydrogen-bond acceptors (Lipinski definition) is 6. The van der Waals surface area contributed by atoms with Crippen molar-refractivity contribution in [1.82, 2.24) is 4.90 Å². The molecule has 7 heteroatoms. The summed E-state index contributed by atoms with van der Waals surface area (Å²) in [5, 5.41) is 0. The molecule has 0 bridgehead atoms. The summed E-state index contributed by atoms with van der Waals surface area (Å²) in [6.45, 7) is 6.28. The van der Waals surface area contributed by atoms with E-state index >= 15 is 0 Å². The average Bonchev–Trinajstić information content (AvgIpc) is 3.16. The lowest BCUT2D eigenvalue weighted by molar-refractivity contribution is -0.143. The molecule has 0 aliphatic heterocycles. The lowest BCUT2D eigenvalue weighted by Crippen LogP contribution is -2.14. The van der Waals surface area contributed by atoms with E-state index in [1.54, 1.807) is 0 Å². The molecule has 0 fully saturated rings. The van der Waals surface area contributed by atoms with Crippen molar-refractivity contribution >= 4 is 25.4 Å². The van der Waals surface area contributed by atoms with E-state index in [1.165, 1.54) is 103 Å². The summed E-state index contributed by atoms with van der Waals surface area (Å²) in [7, 11) is 3.56. The van der Waals surface area contributed by atoms with Gasteiger partial charge in [-0.15, -0.1) is 0 Å². The molecule has 0 aromatic carbocycles. The van der Waals surface area contributed by atoms with Crippen molar-refractivity contribution in [2.75, 3.05) is 46.2 Å². The Balaban J connectivity index is 3.99. The maximum atomic E-state index is 13.2. The molecular weight excluding hydrogens is 702 g/mol. The van der Waals surface area contributed by atoms with Gasteiger partial charge in [0.05, 0.1) is 0 Å². The molecule has 0 unspecified atom stereocenters. The van der Waals surface area contributed by atoms with Crippen LogP contribution in [0.2, 0.25) is 0 Å². The third kappa shape index (κ3) is 41.9. The molecule has 0 aliphatic rings. The first-order valence-electron chi connectivity index (χ1n) is 23.4. The number of hydrogen-bond donors (Lipinski definition) is 0. The minimum absolute atomic E-state index is 0.0873. The van der Waals surface area contributed by atoms with E-state index in [1.807, 2.05) is 12.2 Å². The van der Waals surface area contributed by atoms with Crippen molar-refractivity contribution in [2.24, 2.45) is 0 Å². The molecule has 322 valence electrons. The minimum atomic E-state index is -0.578. The molecule has 0 aromatic rings. The smallest absolute Gasteiger partial charge is 0.306 e. The fourth-order valence-corrected chi connectivity index (χ4v) is 9.27. The van der Waals surface area contributed by atoms with Gasteiger partial charge in [0.1, 0.15) is 13.2 Å². The second-order valence-electron chi connectivity index (χ2n) is 16.2. The third-order valence-electron chi connectivity index (χ3n) is 10.4. The second-order valence-corrected chi connectivity index (χ2v) is 18.6. The van der Waals surface area contributed by atoms with E-state index in [-0.39, 0.29) is 11.9 Å². The molecule has 0 saturated carbocycles. The summed E-state index contributed by atoms with van der Waals surface area (Å²) in [5.74, 6) is -0.175. The predicted molar refractivity (Wildman–Crippen MR) is 240 cm³/mol. The predicted octanol–water partition coefficient (Wildman–Crippen LogP) is 14.3. The van der Waals surface area contributed by atoms with Crippen molar-refractivity contribution in [3.05, 3.63) is 24.3 Å². The number of ether oxygens (including phenoxy) is 2. The Hall–Kier alpha value is -1.52. The highest BCUT2D eigenvalue weighted by atomic mass is 31.1. The third-order valence-corrected chi connectivity index (χ3v) is 13.1. The molecular formula is C48H90NO5P. The van der Waals surface area contributed by atoms with Crippen LogP contribution < -0.4 is 0 Å². The number of allylic oxidation sites excluding steroid dienone is 2. The molecule has 0 heterocycles. The lowest BCUT2D eigenvalue weighted by Gasteiger charge is -2.17. The Morgan fingerprint density at radius 2 is 0.800 bits per heavy atom. The second kappa shape index (κ2) is 43.6. The molecule has 0 N–H and O–H groups in total. The van der Waals surface area contributed by atoms with Gasteiger partial charge in [-0.25, -0.2) is 0 Å². The van der Waals surface area contributed by atoms with Gasteiger partial charge in [0, 0.05) is 19.3 Å².